The van der Waals surface area contributed by atoms with E-state index < -0.39 is 12.5 Å². The molecule has 3 nitrogen and oxygen atoms in total. The predicted octanol–water partition coefficient (Wildman–Crippen LogP) is 3.67. The van der Waals surface area contributed by atoms with Crippen LogP contribution >= 0.6 is 11.6 Å². The molecule has 0 aromatic heterocycles. The number of nitrogens with one attached hydrogen (secondary N) is 1. The Labute approximate surface area is 122 Å². The molecule has 1 rings (SSSR count). The molecule has 0 aliphatic carbocycles. The average molecular weight is 306 g/mol. The van der Waals surface area contributed by atoms with Gasteiger partial charge in [-0.3, -0.25) is 4.79 Å². The lowest BCUT2D eigenvalue weighted by molar-refractivity contribution is -0.0501. The van der Waals surface area contributed by atoms with E-state index in [9.17, 15) is 13.6 Å². The Balaban J connectivity index is 2.63. The number of ether oxygens (including phenoxy) is 1. The van der Waals surface area contributed by atoms with E-state index in [1.165, 1.54) is 18.2 Å². The van der Waals surface area contributed by atoms with Crippen molar-refractivity contribution in [1.82, 2.24) is 5.32 Å². The summed E-state index contributed by atoms with van der Waals surface area (Å²) >= 11 is 6.07. The smallest absolute Gasteiger partial charge is 0.387 e. The Morgan fingerprint density at radius 1 is 1.35 bits per heavy atom. The summed E-state index contributed by atoms with van der Waals surface area (Å²) in [5, 5.41) is 2.43. The van der Waals surface area contributed by atoms with Crippen molar-refractivity contribution < 1.29 is 18.3 Å². The molecule has 1 N–H and O–H groups in total. The summed E-state index contributed by atoms with van der Waals surface area (Å²) in [6, 6.07) is 5.86. The van der Waals surface area contributed by atoms with Crippen LogP contribution in [0.4, 0.5) is 8.78 Å². The topological polar surface area (TPSA) is 38.3 Å². The highest BCUT2D eigenvalue weighted by Crippen LogP contribution is 2.20. The third kappa shape index (κ3) is 5.74. The maximum absolute atomic E-state index is 12.2. The van der Waals surface area contributed by atoms with Gasteiger partial charge in [0.25, 0.3) is 5.91 Å². The first kappa shape index (κ1) is 16.7. The van der Waals surface area contributed by atoms with E-state index in [-0.39, 0.29) is 23.2 Å². The van der Waals surface area contributed by atoms with E-state index in [1.807, 2.05) is 13.8 Å². The molecule has 0 saturated carbocycles. The van der Waals surface area contributed by atoms with Crippen LogP contribution in [0.3, 0.4) is 0 Å². The lowest BCUT2D eigenvalue weighted by Crippen LogP contribution is -2.30. The number of alkyl halides is 3. The van der Waals surface area contributed by atoms with Crippen molar-refractivity contribution in [2.24, 2.45) is 5.92 Å². The predicted molar refractivity (Wildman–Crippen MR) is 74.5 cm³/mol. The van der Waals surface area contributed by atoms with Gasteiger partial charge in [-0.25, -0.2) is 0 Å². The number of rotatable bonds is 7. The second-order valence-electron chi connectivity index (χ2n) is 4.81. The molecule has 0 saturated heterocycles. The van der Waals surface area contributed by atoms with Gasteiger partial charge < -0.3 is 10.1 Å². The molecule has 0 spiro atoms. The molecule has 20 heavy (non-hydrogen) atoms. The Hall–Kier alpha value is -1.36. The maximum Gasteiger partial charge on any atom is 0.387 e. The van der Waals surface area contributed by atoms with Crippen LogP contribution in [0.25, 0.3) is 0 Å². The molecule has 0 aliphatic heterocycles. The van der Waals surface area contributed by atoms with Crippen molar-refractivity contribution in [3.8, 4) is 5.75 Å². The normalized spacial score (nSPS) is 12.6. The summed E-state index contributed by atoms with van der Waals surface area (Å²) < 4.78 is 28.8. The number of amides is 1. The first-order valence-electron chi connectivity index (χ1n) is 6.36. The quantitative estimate of drug-likeness (QED) is 0.781. The van der Waals surface area contributed by atoms with E-state index in [1.54, 1.807) is 6.07 Å². The molecular weight excluding hydrogens is 288 g/mol. The average Bonchev–Trinajstić information content (AvgIpc) is 2.35. The summed E-state index contributed by atoms with van der Waals surface area (Å²) in [4.78, 5) is 11.9. The molecule has 6 heteroatoms. The molecule has 0 fully saturated rings. The summed E-state index contributed by atoms with van der Waals surface area (Å²) in [7, 11) is 0. The number of carbonyl (C=O) groups is 1. The van der Waals surface area contributed by atoms with E-state index in [4.69, 9.17) is 11.6 Å². The van der Waals surface area contributed by atoms with Crippen molar-refractivity contribution in [1.29, 1.82) is 0 Å². The molecule has 1 unspecified atom stereocenters. The third-order valence-corrected chi connectivity index (χ3v) is 2.89. The molecule has 0 aliphatic rings. The summed E-state index contributed by atoms with van der Waals surface area (Å²) in [6.45, 7) is 1.37. The number of carbonyl (C=O) groups excluding carboxylic acids is 1. The monoisotopic (exact) mass is 305 g/mol. The van der Waals surface area contributed by atoms with Crippen molar-refractivity contribution in [2.75, 3.05) is 6.54 Å². The molecule has 0 heterocycles. The number of para-hydroxylation sites is 1. The highest BCUT2D eigenvalue weighted by atomic mass is 35.5. The fourth-order valence-corrected chi connectivity index (χ4v) is 2.18. The van der Waals surface area contributed by atoms with Gasteiger partial charge in [0.05, 0.1) is 10.9 Å². The summed E-state index contributed by atoms with van der Waals surface area (Å²) in [5.74, 6) is -0.200. The van der Waals surface area contributed by atoms with Crippen LogP contribution in [0, 0.1) is 5.92 Å². The lowest BCUT2D eigenvalue weighted by atomic mass is 10.1. The fraction of sp³-hybridized carbons (Fsp3) is 0.500. The molecule has 1 atom stereocenters. The number of benzene rings is 1. The molecule has 1 aromatic rings. The van der Waals surface area contributed by atoms with Crippen LogP contribution in [0.15, 0.2) is 24.3 Å². The summed E-state index contributed by atoms with van der Waals surface area (Å²) in [6.07, 6.45) is 0.761. The zero-order valence-electron chi connectivity index (χ0n) is 11.4. The van der Waals surface area contributed by atoms with Crippen molar-refractivity contribution in [3.05, 3.63) is 29.8 Å². The van der Waals surface area contributed by atoms with Gasteiger partial charge in [0.1, 0.15) is 5.75 Å². The molecule has 0 radical (unpaired) electrons. The van der Waals surface area contributed by atoms with Gasteiger partial charge in [0, 0.05) is 6.54 Å². The van der Waals surface area contributed by atoms with E-state index in [0.29, 0.717) is 5.92 Å². The van der Waals surface area contributed by atoms with Gasteiger partial charge >= 0.3 is 6.61 Å². The second-order valence-corrected chi connectivity index (χ2v) is 5.43. The van der Waals surface area contributed by atoms with Gasteiger partial charge in [0.15, 0.2) is 0 Å². The fourth-order valence-electron chi connectivity index (χ4n) is 1.75. The number of hydrogen-bond acceptors (Lipinski definition) is 2. The summed E-state index contributed by atoms with van der Waals surface area (Å²) in [5.41, 5.74) is 0.0706. The minimum Gasteiger partial charge on any atom is -0.434 e. The van der Waals surface area contributed by atoms with Crippen LogP contribution in [0.5, 0.6) is 5.75 Å². The SMILES string of the molecule is CC(C)CC(Cl)CNC(=O)c1ccccc1OC(F)F. The minimum atomic E-state index is -2.97. The minimum absolute atomic E-state index is 0.0706. The second kappa shape index (κ2) is 8.04. The van der Waals surface area contributed by atoms with Gasteiger partial charge in [-0.1, -0.05) is 26.0 Å². The van der Waals surface area contributed by atoms with E-state index in [2.05, 4.69) is 10.1 Å². The Morgan fingerprint density at radius 2 is 2.00 bits per heavy atom. The van der Waals surface area contributed by atoms with Crippen LogP contribution in [0.1, 0.15) is 30.6 Å². The highest BCUT2D eigenvalue weighted by Gasteiger charge is 2.16. The highest BCUT2D eigenvalue weighted by molar-refractivity contribution is 6.21. The van der Waals surface area contributed by atoms with Crippen molar-refractivity contribution in [2.45, 2.75) is 32.3 Å². The molecule has 112 valence electrons. The van der Waals surface area contributed by atoms with Crippen molar-refractivity contribution in [3.63, 3.8) is 0 Å². The standard InChI is InChI=1S/C14H18ClF2NO2/c1-9(2)7-10(15)8-18-13(19)11-5-3-4-6-12(11)20-14(16)17/h3-6,9-10,14H,7-8H2,1-2H3,(H,18,19). The number of halogens is 3. The largest absolute Gasteiger partial charge is 0.434 e. The molecule has 0 bridgehead atoms. The zero-order valence-corrected chi connectivity index (χ0v) is 12.2. The van der Waals surface area contributed by atoms with E-state index >= 15 is 0 Å². The van der Waals surface area contributed by atoms with Crippen molar-refractivity contribution >= 4 is 17.5 Å². The zero-order chi connectivity index (χ0) is 15.1. The van der Waals surface area contributed by atoms with Crippen LogP contribution in [-0.4, -0.2) is 24.4 Å². The lowest BCUT2D eigenvalue weighted by Gasteiger charge is -2.14. The third-order valence-electron chi connectivity index (χ3n) is 2.56. The van der Waals surface area contributed by atoms with Gasteiger partial charge in [-0.15, -0.1) is 11.6 Å². The molecule has 1 amide bonds. The Morgan fingerprint density at radius 3 is 2.60 bits per heavy atom. The van der Waals surface area contributed by atoms with Gasteiger partial charge in [0.2, 0.25) is 0 Å². The first-order valence-corrected chi connectivity index (χ1v) is 6.80. The van der Waals surface area contributed by atoms with E-state index in [0.717, 1.165) is 6.42 Å². The Kier molecular flexibility index (Phi) is 6.71. The van der Waals surface area contributed by atoms with Gasteiger partial charge in [-0.05, 0) is 24.5 Å². The number of hydrogen-bond donors (Lipinski definition) is 1. The van der Waals surface area contributed by atoms with Crippen LogP contribution in [0.2, 0.25) is 0 Å². The maximum atomic E-state index is 12.2. The van der Waals surface area contributed by atoms with Crippen LogP contribution in [-0.2, 0) is 0 Å². The molecule has 1 aromatic carbocycles. The molecular formula is C14H18ClF2NO2. The van der Waals surface area contributed by atoms with Gasteiger partial charge in [-0.2, -0.15) is 8.78 Å². The Bertz CT molecular complexity index is 441. The first-order chi connectivity index (χ1) is 9.40. The van der Waals surface area contributed by atoms with Crippen LogP contribution < -0.4 is 10.1 Å².